The van der Waals surface area contributed by atoms with Gasteiger partial charge in [-0.25, -0.2) is 8.78 Å². The molecule has 0 fully saturated rings. The molecule has 0 aliphatic heterocycles. The minimum atomic E-state index is -0.999. The summed E-state index contributed by atoms with van der Waals surface area (Å²) in [5.41, 5.74) is 0.0772. The van der Waals surface area contributed by atoms with Crippen LogP contribution in [0.1, 0.15) is 0 Å². The smallest absolute Gasteiger partial charge is 0.189 e. The van der Waals surface area contributed by atoms with Crippen molar-refractivity contribution in [1.29, 1.82) is 0 Å². The maximum Gasteiger partial charge on any atom is 0.189 e. The van der Waals surface area contributed by atoms with Gasteiger partial charge in [0.05, 0.1) is 5.52 Å². The van der Waals surface area contributed by atoms with Crippen molar-refractivity contribution in [1.82, 2.24) is 4.57 Å². The number of aromatic nitrogens is 1. The van der Waals surface area contributed by atoms with E-state index < -0.39 is 11.6 Å². The monoisotopic (exact) mass is 195 g/mol. The molecule has 0 radical (unpaired) electrons. The molecule has 0 amide bonds. The molecule has 1 heterocycles. The van der Waals surface area contributed by atoms with Gasteiger partial charge in [-0.3, -0.25) is 4.79 Å². The third-order valence-electron chi connectivity index (χ3n) is 2.13. The fourth-order valence-corrected chi connectivity index (χ4v) is 1.38. The van der Waals surface area contributed by atoms with Crippen LogP contribution in [0.3, 0.4) is 0 Å². The molecule has 1 aromatic heterocycles. The van der Waals surface area contributed by atoms with Gasteiger partial charge < -0.3 is 4.57 Å². The molecule has 0 saturated carbocycles. The van der Waals surface area contributed by atoms with Crippen LogP contribution in [-0.2, 0) is 7.05 Å². The Hall–Kier alpha value is -1.71. The van der Waals surface area contributed by atoms with E-state index >= 15 is 0 Å². The summed E-state index contributed by atoms with van der Waals surface area (Å²) in [4.78, 5) is 11.3. The molecule has 0 saturated heterocycles. The van der Waals surface area contributed by atoms with Crippen molar-refractivity contribution >= 4 is 10.9 Å². The molecule has 2 rings (SSSR count). The molecule has 4 heteroatoms. The Morgan fingerprint density at radius 2 is 1.86 bits per heavy atom. The lowest BCUT2D eigenvalue weighted by Crippen LogP contribution is -2.06. The summed E-state index contributed by atoms with van der Waals surface area (Å²) in [7, 11) is 1.67. The number of fused-ring (bicyclic) bond motifs is 1. The maximum absolute atomic E-state index is 12.9. The number of nitrogens with zero attached hydrogens (tertiary/aromatic N) is 1. The molecule has 72 valence electrons. The van der Waals surface area contributed by atoms with Crippen molar-refractivity contribution in [2.75, 3.05) is 0 Å². The van der Waals surface area contributed by atoms with Gasteiger partial charge in [0.1, 0.15) is 0 Å². The lowest BCUT2D eigenvalue weighted by molar-refractivity contribution is 0.510. The Labute approximate surface area is 78.4 Å². The van der Waals surface area contributed by atoms with Crippen LogP contribution in [-0.4, -0.2) is 4.57 Å². The zero-order valence-corrected chi connectivity index (χ0v) is 7.42. The molecule has 0 unspecified atom stereocenters. The van der Waals surface area contributed by atoms with E-state index in [1.165, 1.54) is 12.3 Å². The molecule has 0 bridgehead atoms. The Morgan fingerprint density at radius 1 is 1.21 bits per heavy atom. The van der Waals surface area contributed by atoms with E-state index in [1.807, 2.05) is 0 Å². The highest BCUT2D eigenvalue weighted by Crippen LogP contribution is 2.14. The van der Waals surface area contributed by atoms with Crippen LogP contribution in [0, 0.1) is 11.6 Å². The predicted octanol–water partition coefficient (Wildman–Crippen LogP) is 1.82. The average molecular weight is 195 g/mol. The van der Waals surface area contributed by atoms with Crippen molar-refractivity contribution in [3.63, 3.8) is 0 Å². The van der Waals surface area contributed by atoms with Crippen LogP contribution >= 0.6 is 0 Å². The minimum Gasteiger partial charge on any atom is -0.350 e. The minimum absolute atomic E-state index is 0.189. The van der Waals surface area contributed by atoms with Gasteiger partial charge >= 0.3 is 0 Å². The van der Waals surface area contributed by atoms with Gasteiger partial charge in [-0.15, -0.1) is 0 Å². The lowest BCUT2D eigenvalue weighted by atomic mass is 10.2. The summed E-state index contributed by atoms with van der Waals surface area (Å²) in [5, 5.41) is 0.189. The highest BCUT2D eigenvalue weighted by atomic mass is 19.2. The van der Waals surface area contributed by atoms with Gasteiger partial charge in [0.2, 0.25) is 0 Å². The second-order valence-electron chi connectivity index (χ2n) is 3.07. The lowest BCUT2D eigenvalue weighted by Gasteiger charge is -2.04. The van der Waals surface area contributed by atoms with E-state index in [1.54, 1.807) is 11.6 Å². The van der Waals surface area contributed by atoms with Crippen LogP contribution in [0.4, 0.5) is 8.78 Å². The first-order chi connectivity index (χ1) is 6.59. The van der Waals surface area contributed by atoms with Gasteiger partial charge in [-0.2, -0.15) is 0 Å². The first-order valence-corrected chi connectivity index (χ1v) is 4.04. The van der Waals surface area contributed by atoms with Gasteiger partial charge in [-0.1, -0.05) is 0 Å². The Balaban J connectivity index is 3.02. The zero-order chi connectivity index (χ0) is 10.3. The van der Waals surface area contributed by atoms with Gasteiger partial charge in [0.15, 0.2) is 17.1 Å². The second kappa shape index (κ2) is 2.90. The highest BCUT2D eigenvalue weighted by molar-refractivity contribution is 5.78. The van der Waals surface area contributed by atoms with E-state index in [0.29, 0.717) is 5.52 Å². The van der Waals surface area contributed by atoms with Crippen LogP contribution < -0.4 is 5.43 Å². The fourth-order valence-electron chi connectivity index (χ4n) is 1.38. The SMILES string of the molecule is Cn1ccc(=O)c2cc(F)c(F)cc21. The summed E-state index contributed by atoms with van der Waals surface area (Å²) >= 11 is 0. The summed E-state index contributed by atoms with van der Waals surface area (Å²) in [6.45, 7) is 0. The predicted molar refractivity (Wildman–Crippen MR) is 49.1 cm³/mol. The zero-order valence-electron chi connectivity index (χ0n) is 7.42. The van der Waals surface area contributed by atoms with Crippen molar-refractivity contribution in [2.24, 2.45) is 7.05 Å². The van der Waals surface area contributed by atoms with Gasteiger partial charge in [0, 0.05) is 30.8 Å². The van der Waals surface area contributed by atoms with Crippen molar-refractivity contribution in [3.05, 3.63) is 46.3 Å². The number of benzene rings is 1. The number of rotatable bonds is 0. The van der Waals surface area contributed by atoms with Crippen molar-refractivity contribution in [2.45, 2.75) is 0 Å². The molecule has 0 atom stereocenters. The highest BCUT2D eigenvalue weighted by Gasteiger charge is 2.07. The molecule has 0 aliphatic carbocycles. The fraction of sp³-hybridized carbons (Fsp3) is 0.100. The molecule has 0 aliphatic rings. The number of halogens is 2. The number of aryl methyl sites for hydroxylation is 1. The van der Waals surface area contributed by atoms with Crippen molar-refractivity contribution < 1.29 is 8.78 Å². The van der Waals surface area contributed by atoms with Gasteiger partial charge in [0.25, 0.3) is 0 Å². The standard InChI is InChI=1S/C10H7F2NO/c1-13-3-2-10(14)6-4-7(11)8(12)5-9(6)13/h2-5H,1H3. The third kappa shape index (κ3) is 1.19. The largest absolute Gasteiger partial charge is 0.350 e. The molecular weight excluding hydrogens is 188 g/mol. The van der Waals surface area contributed by atoms with Crippen LogP contribution in [0.25, 0.3) is 10.9 Å². The molecular formula is C10H7F2NO. The van der Waals surface area contributed by atoms with E-state index in [9.17, 15) is 13.6 Å². The van der Waals surface area contributed by atoms with E-state index in [0.717, 1.165) is 12.1 Å². The molecule has 0 spiro atoms. The van der Waals surface area contributed by atoms with Crippen LogP contribution in [0.15, 0.2) is 29.2 Å². The average Bonchev–Trinajstić information content (AvgIpc) is 2.15. The molecule has 0 N–H and O–H groups in total. The Kier molecular flexibility index (Phi) is 1.84. The summed E-state index contributed by atoms with van der Waals surface area (Å²) in [6, 6.07) is 3.26. The number of hydrogen-bond acceptors (Lipinski definition) is 1. The van der Waals surface area contributed by atoms with Crippen molar-refractivity contribution in [3.8, 4) is 0 Å². The first kappa shape index (κ1) is 8.87. The quantitative estimate of drug-likeness (QED) is 0.628. The Bertz CT molecular complexity index is 560. The van der Waals surface area contributed by atoms with E-state index in [2.05, 4.69) is 0 Å². The van der Waals surface area contributed by atoms with E-state index in [4.69, 9.17) is 0 Å². The summed E-state index contributed by atoms with van der Waals surface area (Å²) in [5.74, 6) is -1.94. The molecule has 1 aromatic carbocycles. The van der Waals surface area contributed by atoms with Crippen LogP contribution in [0.2, 0.25) is 0 Å². The maximum atomic E-state index is 12.9. The topological polar surface area (TPSA) is 22.0 Å². The summed E-state index contributed by atoms with van der Waals surface area (Å²) < 4.78 is 27.3. The normalized spacial score (nSPS) is 10.8. The number of pyridine rings is 1. The van der Waals surface area contributed by atoms with Crippen LogP contribution in [0.5, 0.6) is 0 Å². The molecule has 14 heavy (non-hydrogen) atoms. The van der Waals surface area contributed by atoms with E-state index in [-0.39, 0.29) is 10.8 Å². The Morgan fingerprint density at radius 3 is 2.57 bits per heavy atom. The first-order valence-electron chi connectivity index (χ1n) is 4.04. The molecule has 2 nitrogen and oxygen atoms in total. The number of hydrogen-bond donors (Lipinski definition) is 0. The molecule has 2 aromatic rings. The van der Waals surface area contributed by atoms with Gasteiger partial charge in [-0.05, 0) is 6.07 Å². The second-order valence-corrected chi connectivity index (χ2v) is 3.07. The summed E-state index contributed by atoms with van der Waals surface area (Å²) in [6.07, 6.45) is 1.52. The third-order valence-corrected chi connectivity index (χ3v) is 2.13.